The van der Waals surface area contributed by atoms with E-state index in [-0.39, 0.29) is 24.2 Å². The molecule has 132 valence electrons. The molecule has 0 saturated heterocycles. The zero-order valence-electron chi connectivity index (χ0n) is 14.2. The number of hydrogen-bond donors (Lipinski definition) is 1. The van der Waals surface area contributed by atoms with Gasteiger partial charge in [0.2, 0.25) is 5.91 Å². The third-order valence-corrected chi connectivity index (χ3v) is 4.66. The Morgan fingerprint density at radius 1 is 1.20 bits per heavy atom. The van der Waals surface area contributed by atoms with Crippen LogP contribution in [0.1, 0.15) is 25.3 Å². The Bertz CT molecular complexity index is 732. The first kappa shape index (κ1) is 17.5. The van der Waals surface area contributed by atoms with Gasteiger partial charge in [-0.05, 0) is 43.4 Å². The number of nitrogens with one attached hydrogen (secondary N) is 1. The summed E-state index contributed by atoms with van der Waals surface area (Å²) in [4.78, 5) is 14.5. The number of rotatable bonds is 7. The number of halogens is 2. The molecule has 1 atom stereocenters. The van der Waals surface area contributed by atoms with Crippen LogP contribution >= 0.6 is 0 Å². The van der Waals surface area contributed by atoms with Crippen molar-refractivity contribution in [2.75, 3.05) is 11.9 Å². The van der Waals surface area contributed by atoms with Crippen LogP contribution in [0.3, 0.4) is 0 Å². The second-order valence-corrected chi connectivity index (χ2v) is 6.64. The zero-order chi connectivity index (χ0) is 17.8. The standard InChI is InChI=1S/C20H22F2N2O/c1-14(16-7-8-16)24(12-15-5-3-2-4-6-15)13-20(25)23-19-11-17(21)9-10-18(19)22/h2-6,9-11,14,16H,7-8,12-13H2,1H3,(H,23,25). The highest BCUT2D eigenvalue weighted by molar-refractivity contribution is 5.92. The van der Waals surface area contributed by atoms with Crippen LogP contribution in [0.15, 0.2) is 48.5 Å². The molecule has 1 unspecified atom stereocenters. The van der Waals surface area contributed by atoms with E-state index in [1.807, 2.05) is 30.3 Å². The zero-order valence-corrected chi connectivity index (χ0v) is 14.2. The summed E-state index contributed by atoms with van der Waals surface area (Å²) in [7, 11) is 0. The van der Waals surface area contributed by atoms with Crippen LogP contribution in [-0.2, 0) is 11.3 Å². The van der Waals surface area contributed by atoms with E-state index in [9.17, 15) is 13.6 Å². The monoisotopic (exact) mass is 344 g/mol. The number of carbonyl (C=O) groups excluding carboxylic acids is 1. The van der Waals surface area contributed by atoms with Crippen LogP contribution in [0.25, 0.3) is 0 Å². The van der Waals surface area contributed by atoms with Crippen LogP contribution in [0.5, 0.6) is 0 Å². The van der Waals surface area contributed by atoms with Gasteiger partial charge in [0.15, 0.2) is 0 Å². The molecule has 1 fully saturated rings. The summed E-state index contributed by atoms with van der Waals surface area (Å²) in [6, 6.07) is 13.3. The predicted octanol–water partition coefficient (Wildman–Crippen LogP) is 4.20. The van der Waals surface area contributed by atoms with Crippen molar-refractivity contribution in [3.63, 3.8) is 0 Å². The predicted molar refractivity (Wildman–Crippen MR) is 94.0 cm³/mol. The smallest absolute Gasteiger partial charge is 0.238 e. The number of carbonyl (C=O) groups is 1. The van der Waals surface area contributed by atoms with E-state index in [2.05, 4.69) is 17.1 Å². The minimum absolute atomic E-state index is 0.122. The van der Waals surface area contributed by atoms with Crippen LogP contribution in [-0.4, -0.2) is 23.4 Å². The van der Waals surface area contributed by atoms with Crippen molar-refractivity contribution in [1.29, 1.82) is 0 Å². The fourth-order valence-corrected chi connectivity index (χ4v) is 3.01. The van der Waals surface area contributed by atoms with Gasteiger partial charge in [0, 0.05) is 18.7 Å². The fraction of sp³-hybridized carbons (Fsp3) is 0.350. The first-order valence-electron chi connectivity index (χ1n) is 8.56. The number of hydrogen-bond acceptors (Lipinski definition) is 2. The molecule has 0 bridgehead atoms. The van der Waals surface area contributed by atoms with Gasteiger partial charge in [0.25, 0.3) is 0 Å². The molecule has 2 aromatic rings. The Morgan fingerprint density at radius 3 is 2.60 bits per heavy atom. The van der Waals surface area contributed by atoms with Gasteiger partial charge >= 0.3 is 0 Å². The molecule has 5 heteroatoms. The molecule has 0 heterocycles. The number of anilines is 1. The second-order valence-electron chi connectivity index (χ2n) is 6.64. The van der Waals surface area contributed by atoms with Gasteiger partial charge in [-0.2, -0.15) is 0 Å². The fourth-order valence-electron chi connectivity index (χ4n) is 3.01. The van der Waals surface area contributed by atoms with Gasteiger partial charge in [0.05, 0.1) is 12.2 Å². The van der Waals surface area contributed by atoms with Gasteiger partial charge < -0.3 is 5.32 Å². The summed E-state index contributed by atoms with van der Waals surface area (Å²) in [5.74, 6) is -0.959. The van der Waals surface area contributed by atoms with Crippen LogP contribution < -0.4 is 5.32 Å². The van der Waals surface area contributed by atoms with Gasteiger partial charge in [-0.25, -0.2) is 8.78 Å². The summed E-state index contributed by atoms with van der Waals surface area (Å²) in [6.45, 7) is 2.91. The van der Waals surface area contributed by atoms with Crippen molar-refractivity contribution < 1.29 is 13.6 Å². The van der Waals surface area contributed by atoms with E-state index in [1.165, 1.54) is 12.8 Å². The van der Waals surface area contributed by atoms with Gasteiger partial charge in [-0.15, -0.1) is 0 Å². The van der Waals surface area contributed by atoms with E-state index in [0.717, 1.165) is 23.8 Å². The second kappa shape index (κ2) is 7.74. The highest BCUT2D eigenvalue weighted by Crippen LogP contribution is 2.35. The lowest BCUT2D eigenvalue weighted by atomic mass is 10.1. The number of benzene rings is 2. The van der Waals surface area contributed by atoms with Crippen molar-refractivity contribution in [1.82, 2.24) is 4.90 Å². The summed E-state index contributed by atoms with van der Waals surface area (Å²) in [5.41, 5.74) is 1.00. The largest absolute Gasteiger partial charge is 0.322 e. The molecule has 0 aliphatic heterocycles. The molecule has 1 aliphatic carbocycles. The van der Waals surface area contributed by atoms with Crippen molar-refractivity contribution in [2.45, 2.75) is 32.4 Å². The Kier molecular flexibility index (Phi) is 5.43. The van der Waals surface area contributed by atoms with Crippen molar-refractivity contribution in [3.05, 3.63) is 65.7 Å². The molecule has 25 heavy (non-hydrogen) atoms. The van der Waals surface area contributed by atoms with E-state index < -0.39 is 11.6 Å². The topological polar surface area (TPSA) is 32.3 Å². The van der Waals surface area contributed by atoms with E-state index >= 15 is 0 Å². The number of amides is 1. The minimum atomic E-state index is -0.639. The lowest BCUT2D eigenvalue weighted by Crippen LogP contribution is -2.40. The minimum Gasteiger partial charge on any atom is -0.322 e. The van der Waals surface area contributed by atoms with Crippen molar-refractivity contribution in [2.24, 2.45) is 5.92 Å². The van der Waals surface area contributed by atoms with Crippen molar-refractivity contribution >= 4 is 11.6 Å². The molecular formula is C20H22F2N2O. The third-order valence-electron chi connectivity index (χ3n) is 4.66. The molecule has 1 saturated carbocycles. The van der Waals surface area contributed by atoms with Gasteiger partial charge in [-0.1, -0.05) is 30.3 Å². The Hall–Kier alpha value is -2.27. The van der Waals surface area contributed by atoms with E-state index in [1.54, 1.807) is 0 Å². The molecule has 0 aromatic heterocycles. The maximum absolute atomic E-state index is 13.7. The van der Waals surface area contributed by atoms with Crippen molar-refractivity contribution in [3.8, 4) is 0 Å². The Balaban J connectivity index is 1.68. The normalized spacial score (nSPS) is 15.2. The van der Waals surface area contributed by atoms with Crippen LogP contribution in [0.2, 0.25) is 0 Å². The van der Waals surface area contributed by atoms with E-state index in [4.69, 9.17) is 0 Å². The molecule has 0 radical (unpaired) electrons. The highest BCUT2D eigenvalue weighted by atomic mass is 19.1. The molecule has 1 N–H and O–H groups in total. The summed E-state index contributed by atoms with van der Waals surface area (Å²) in [5, 5.41) is 2.49. The third kappa shape index (κ3) is 4.86. The van der Waals surface area contributed by atoms with Gasteiger partial charge in [-0.3, -0.25) is 9.69 Å². The van der Waals surface area contributed by atoms with Crippen LogP contribution in [0, 0.1) is 17.6 Å². The quantitative estimate of drug-likeness (QED) is 0.816. The highest BCUT2D eigenvalue weighted by Gasteiger charge is 2.32. The summed E-state index contributed by atoms with van der Waals surface area (Å²) in [6.07, 6.45) is 2.35. The average Bonchev–Trinajstić information content (AvgIpc) is 3.43. The summed E-state index contributed by atoms with van der Waals surface area (Å²) < 4.78 is 27.0. The number of nitrogens with zero attached hydrogens (tertiary/aromatic N) is 1. The maximum atomic E-state index is 13.7. The SMILES string of the molecule is CC(C1CC1)N(CC(=O)Nc1cc(F)ccc1F)Cc1ccccc1. The van der Waals surface area contributed by atoms with Gasteiger partial charge in [0.1, 0.15) is 11.6 Å². The Labute approximate surface area is 146 Å². The summed E-state index contributed by atoms with van der Waals surface area (Å²) >= 11 is 0. The molecule has 0 spiro atoms. The lowest BCUT2D eigenvalue weighted by molar-refractivity contribution is -0.118. The maximum Gasteiger partial charge on any atom is 0.238 e. The molecule has 2 aromatic carbocycles. The lowest BCUT2D eigenvalue weighted by Gasteiger charge is -2.28. The molecule has 3 rings (SSSR count). The molecule has 1 aliphatic rings. The van der Waals surface area contributed by atoms with E-state index in [0.29, 0.717) is 12.5 Å². The Morgan fingerprint density at radius 2 is 1.92 bits per heavy atom. The molecule has 1 amide bonds. The average molecular weight is 344 g/mol. The van der Waals surface area contributed by atoms with Crippen LogP contribution in [0.4, 0.5) is 14.5 Å². The first-order valence-corrected chi connectivity index (χ1v) is 8.56. The molecular weight excluding hydrogens is 322 g/mol. The molecule has 3 nitrogen and oxygen atoms in total. The first-order chi connectivity index (χ1) is 12.0.